The number of nitrogens with one attached hydrogen (secondary N) is 1. The van der Waals surface area contributed by atoms with Gasteiger partial charge in [-0.25, -0.2) is 13.2 Å². The second-order valence-electron chi connectivity index (χ2n) is 7.60. The van der Waals surface area contributed by atoms with Crippen LogP contribution in [0.25, 0.3) is 0 Å². The zero-order valence-corrected chi connectivity index (χ0v) is 17.4. The molecule has 2 aromatic rings. The molecule has 1 aliphatic rings. The van der Waals surface area contributed by atoms with E-state index >= 15 is 0 Å². The number of nitrogens with two attached hydrogens (primary N) is 1. The van der Waals surface area contributed by atoms with Crippen LogP contribution < -0.4 is 15.8 Å². The number of alkyl halides is 2. The molecule has 11 heteroatoms. The fourth-order valence-corrected chi connectivity index (χ4v) is 3.85. The third kappa shape index (κ3) is 3.99. The highest BCUT2D eigenvalue weighted by atomic mass is 19.3. The standard InChI is InChI=1S/C21H21F4N3O4/c1-9-14(11-4-5-12(22)15(23)16(11)31-3)17(32-21(9,2)20(24)25)19(30)28-10-6-7-27-13(8-10)18(26)29/h4-9,14,17,20H,1-3H3,(H2,26,29)(H,27,28,30)/t9-,14-,17+,21-/m0/s1. The van der Waals surface area contributed by atoms with E-state index in [0.29, 0.717) is 0 Å². The lowest BCUT2D eigenvalue weighted by molar-refractivity contribution is -0.151. The van der Waals surface area contributed by atoms with E-state index in [1.54, 1.807) is 0 Å². The predicted octanol–water partition coefficient (Wildman–Crippen LogP) is 3.25. The molecule has 1 fully saturated rings. The molecule has 7 nitrogen and oxygen atoms in total. The number of anilines is 1. The van der Waals surface area contributed by atoms with E-state index in [4.69, 9.17) is 15.2 Å². The molecule has 0 unspecified atom stereocenters. The number of nitrogens with zero attached hydrogens (tertiary/aromatic N) is 1. The molecule has 4 atom stereocenters. The molecule has 0 aliphatic carbocycles. The predicted molar refractivity (Wildman–Crippen MR) is 105 cm³/mol. The van der Waals surface area contributed by atoms with Crippen molar-refractivity contribution < 1.29 is 36.6 Å². The lowest BCUT2D eigenvalue weighted by Gasteiger charge is -2.28. The van der Waals surface area contributed by atoms with E-state index in [2.05, 4.69) is 10.3 Å². The van der Waals surface area contributed by atoms with Crippen LogP contribution in [0, 0.1) is 17.6 Å². The first-order chi connectivity index (χ1) is 15.0. The Morgan fingerprint density at radius 3 is 2.56 bits per heavy atom. The molecule has 1 aromatic carbocycles. The van der Waals surface area contributed by atoms with Gasteiger partial charge in [0.25, 0.3) is 18.2 Å². The summed E-state index contributed by atoms with van der Waals surface area (Å²) >= 11 is 0. The molecule has 0 spiro atoms. The van der Waals surface area contributed by atoms with Crippen LogP contribution in [0.5, 0.6) is 5.75 Å². The zero-order valence-electron chi connectivity index (χ0n) is 17.4. The molecular formula is C21H21F4N3O4. The molecule has 0 saturated carbocycles. The van der Waals surface area contributed by atoms with Gasteiger partial charge in [-0.2, -0.15) is 4.39 Å². The average Bonchev–Trinajstić information content (AvgIpc) is 3.02. The number of halogens is 4. The highest BCUT2D eigenvalue weighted by Gasteiger charge is 2.58. The summed E-state index contributed by atoms with van der Waals surface area (Å²) in [6, 6.07) is 4.58. The summed E-state index contributed by atoms with van der Waals surface area (Å²) in [6.45, 7) is 2.58. The second-order valence-corrected chi connectivity index (χ2v) is 7.60. The lowest BCUT2D eigenvalue weighted by Crippen LogP contribution is -2.40. The number of methoxy groups -OCH3 is 1. The Hall–Kier alpha value is -3.21. The van der Waals surface area contributed by atoms with Gasteiger partial charge in [0.1, 0.15) is 17.4 Å². The van der Waals surface area contributed by atoms with Crippen LogP contribution in [0.1, 0.15) is 35.8 Å². The number of hydrogen-bond acceptors (Lipinski definition) is 5. The summed E-state index contributed by atoms with van der Waals surface area (Å²) in [4.78, 5) is 28.1. The van der Waals surface area contributed by atoms with Gasteiger partial charge in [-0.3, -0.25) is 14.6 Å². The summed E-state index contributed by atoms with van der Waals surface area (Å²) in [5.41, 5.74) is 3.13. The number of carbonyl (C=O) groups excluding carboxylic acids is 2. The smallest absolute Gasteiger partial charge is 0.267 e. The van der Waals surface area contributed by atoms with E-state index in [1.807, 2.05) is 0 Å². The fourth-order valence-electron chi connectivity index (χ4n) is 3.85. The number of benzene rings is 1. The maximum absolute atomic E-state index is 14.3. The van der Waals surface area contributed by atoms with Crippen molar-refractivity contribution in [3.05, 3.63) is 53.4 Å². The maximum atomic E-state index is 14.3. The van der Waals surface area contributed by atoms with Crippen molar-refractivity contribution in [2.75, 3.05) is 12.4 Å². The molecule has 1 aromatic heterocycles. The van der Waals surface area contributed by atoms with Crippen molar-refractivity contribution in [2.24, 2.45) is 11.7 Å². The topological polar surface area (TPSA) is 104 Å². The van der Waals surface area contributed by atoms with Crippen LogP contribution in [0.15, 0.2) is 30.5 Å². The molecule has 0 bridgehead atoms. The number of primary amides is 1. The Morgan fingerprint density at radius 1 is 1.28 bits per heavy atom. The summed E-state index contributed by atoms with van der Waals surface area (Å²) < 4.78 is 66.4. The molecule has 1 aliphatic heterocycles. The second kappa shape index (κ2) is 8.73. The van der Waals surface area contributed by atoms with E-state index in [-0.39, 0.29) is 16.9 Å². The Kier molecular flexibility index (Phi) is 6.40. The van der Waals surface area contributed by atoms with Gasteiger partial charge in [0, 0.05) is 29.3 Å². The number of amides is 2. The van der Waals surface area contributed by atoms with Crippen molar-refractivity contribution in [1.29, 1.82) is 0 Å². The van der Waals surface area contributed by atoms with Crippen LogP contribution in [0.2, 0.25) is 0 Å². The van der Waals surface area contributed by atoms with Crippen LogP contribution in [-0.4, -0.2) is 42.0 Å². The number of pyridine rings is 1. The number of carbonyl (C=O) groups is 2. The molecule has 2 amide bonds. The molecule has 32 heavy (non-hydrogen) atoms. The highest BCUT2D eigenvalue weighted by molar-refractivity contribution is 5.97. The largest absolute Gasteiger partial charge is 0.493 e. The number of rotatable bonds is 6. The first-order valence-electron chi connectivity index (χ1n) is 9.55. The molecule has 172 valence electrons. The van der Waals surface area contributed by atoms with Crippen molar-refractivity contribution in [1.82, 2.24) is 4.98 Å². The minimum Gasteiger partial charge on any atom is -0.493 e. The molecular weight excluding hydrogens is 434 g/mol. The normalized spacial score (nSPS) is 25.1. The van der Waals surface area contributed by atoms with Crippen molar-refractivity contribution >= 4 is 17.5 Å². The average molecular weight is 455 g/mol. The third-order valence-electron chi connectivity index (χ3n) is 5.77. The molecule has 3 N–H and O–H groups in total. The first kappa shape index (κ1) is 23.5. The van der Waals surface area contributed by atoms with Crippen LogP contribution in [0.3, 0.4) is 0 Å². The third-order valence-corrected chi connectivity index (χ3v) is 5.77. The quantitative estimate of drug-likeness (QED) is 0.651. The summed E-state index contributed by atoms with van der Waals surface area (Å²) in [6.07, 6.45) is -3.25. The Balaban J connectivity index is 2.04. The lowest BCUT2D eigenvalue weighted by atomic mass is 9.77. The molecule has 2 heterocycles. The van der Waals surface area contributed by atoms with Crippen molar-refractivity contribution in [2.45, 2.75) is 37.9 Å². The van der Waals surface area contributed by atoms with Gasteiger partial charge in [0.15, 0.2) is 11.6 Å². The number of aromatic nitrogens is 1. The van der Waals surface area contributed by atoms with Gasteiger partial charge < -0.3 is 20.5 Å². The van der Waals surface area contributed by atoms with Gasteiger partial charge in [-0.05, 0) is 25.1 Å². The summed E-state index contributed by atoms with van der Waals surface area (Å²) in [5, 5.41) is 2.47. The van der Waals surface area contributed by atoms with Gasteiger partial charge >= 0.3 is 0 Å². The fraction of sp³-hybridized carbons (Fsp3) is 0.381. The van der Waals surface area contributed by atoms with Crippen LogP contribution >= 0.6 is 0 Å². The van der Waals surface area contributed by atoms with Crippen LogP contribution in [-0.2, 0) is 9.53 Å². The Morgan fingerprint density at radius 2 is 1.97 bits per heavy atom. The van der Waals surface area contributed by atoms with Crippen molar-refractivity contribution in [3.8, 4) is 5.75 Å². The summed E-state index contributed by atoms with van der Waals surface area (Å²) in [7, 11) is 1.10. The van der Waals surface area contributed by atoms with Crippen molar-refractivity contribution in [3.63, 3.8) is 0 Å². The van der Waals surface area contributed by atoms with Gasteiger partial charge in [-0.15, -0.1) is 0 Å². The molecule has 1 saturated heterocycles. The first-order valence-corrected chi connectivity index (χ1v) is 9.55. The Labute approximate surface area is 180 Å². The minimum absolute atomic E-state index is 0.0102. The van der Waals surface area contributed by atoms with E-state index in [0.717, 1.165) is 20.1 Å². The maximum Gasteiger partial charge on any atom is 0.267 e. The number of hydrogen-bond donors (Lipinski definition) is 2. The van der Waals surface area contributed by atoms with Gasteiger partial charge in [-0.1, -0.05) is 13.0 Å². The highest BCUT2D eigenvalue weighted by Crippen LogP contribution is 2.51. The van der Waals surface area contributed by atoms with Gasteiger partial charge in [0.05, 0.1) is 7.11 Å². The monoisotopic (exact) mass is 455 g/mol. The zero-order chi connectivity index (χ0) is 23.8. The van der Waals surface area contributed by atoms with E-state index in [1.165, 1.54) is 31.3 Å². The molecule has 3 rings (SSSR count). The van der Waals surface area contributed by atoms with E-state index in [9.17, 15) is 27.2 Å². The van der Waals surface area contributed by atoms with E-state index < -0.39 is 59.2 Å². The summed E-state index contributed by atoms with van der Waals surface area (Å²) in [5.74, 6) is -6.75. The van der Waals surface area contributed by atoms with Crippen LogP contribution in [0.4, 0.5) is 23.2 Å². The minimum atomic E-state index is -2.98. The Bertz CT molecular complexity index is 1050. The molecule has 0 radical (unpaired) electrons. The SMILES string of the molecule is COc1c([C@H]2[C@H](C(=O)Nc3ccnc(C(N)=O)c3)O[C@](C)(C(F)F)[C@H]2C)ccc(F)c1F. The van der Waals surface area contributed by atoms with Gasteiger partial charge in [0.2, 0.25) is 5.82 Å². The number of ether oxygens (including phenoxy) is 2.